The molecule has 1 N–H and O–H groups in total. The number of likely N-dealkylation sites (N-methyl/N-ethyl adjacent to an activating group) is 1. The molecule has 4 nitrogen and oxygen atoms in total. The average Bonchev–Trinajstić information content (AvgIpc) is 2.25. The SMILES string of the molecule is CCN1CCN(CCCNC(C)=O)CC1. The molecular formula is C11H23N3O. The van der Waals surface area contributed by atoms with Crippen molar-refractivity contribution in [2.45, 2.75) is 20.3 Å². The third-order valence-electron chi connectivity index (χ3n) is 2.94. The van der Waals surface area contributed by atoms with E-state index in [1.165, 1.54) is 32.7 Å². The van der Waals surface area contributed by atoms with Gasteiger partial charge in [0.15, 0.2) is 0 Å². The lowest BCUT2D eigenvalue weighted by molar-refractivity contribution is -0.118. The summed E-state index contributed by atoms with van der Waals surface area (Å²) in [6.45, 7) is 11.6. The Hall–Kier alpha value is -0.610. The molecule has 1 rings (SSSR count). The van der Waals surface area contributed by atoms with Crippen molar-refractivity contribution in [3.8, 4) is 0 Å². The van der Waals surface area contributed by atoms with Gasteiger partial charge < -0.3 is 15.1 Å². The van der Waals surface area contributed by atoms with E-state index in [4.69, 9.17) is 0 Å². The molecule has 0 aromatic rings. The van der Waals surface area contributed by atoms with E-state index < -0.39 is 0 Å². The lowest BCUT2D eigenvalue weighted by Gasteiger charge is -2.33. The third kappa shape index (κ3) is 5.14. The molecule has 1 heterocycles. The molecule has 0 bridgehead atoms. The number of hydrogen-bond donors (Lipinski definition) is 1. The van der Waals surface area contributed by atoms with Gasteiger partial charge in [0.25, 0.3) is 0 Å². The molecule has 88 valence electrons. The maximum atomic E-state index is 10.6. The minimum absolute atomic E-state index is 0.0748. The van der Waals surface area contributed by atoms with Crippen LogP contribution in [0.15, 0.2) is 0 Å². The zero-order valence-electron chi connectivity index (χ0n) is 9.96. The maximum Gasteiger partial charge on any atom is 0.216 e. The molecule has 1 aliphatic heterocycles. The molecule has 0 spiro atoms. The summed E-state index contributed by atoms with van der Waals surface area (Å²) in [6, 6.07) is 0. The Bertz CT molecular complexity index is 188. The van der Waals surface area contributed by atoms with E-state index in [1.807, 2.05) is 0 Å². The van der Waals surface area contributed by atoms with Crippen LogP contribution >= 0.6 is 0 Å². The number of rotatable bonds is 5. The Morgan fingerprint density at radius 2 is 1.80 bits per heavy atom. The van der Waals surface area contributed by atoms with Gasteiger partial charge in [-0.05, 0) is 19.5 Å². The predicted octanol–water partition coefficient (Wildman–Crippen LogP) is 0.150. The number of hydrogen-bond acceptors (Lipinski definition) is 3. The fourth-order valence-corrected chi connectivity index (χ4v) is 1.90. The summed E-state index contributed by atoms with van der Waals surface area (Å²) in [7, 11) is 0. The van der Waals surface area contributed by atoms with Crippen LogP contribution in [-0.2, 0) is 4.79 Å². The second kappa shape index (κ2) is 6.80. The Labute approximate surface area is 92.6 Å². The molecule has 0 unspecified atom stereocenters. The molecule has 0 aromatic carbocycles. The highest BCUT2D eigenvalue weighted by Gasteiger charge is 2.14. The fourth-order valence-electron chi connectivity index (χ4n) is 1.90. The quantitative estimate of drug-likeness (QED) is 0.660. The van der Waals surface area contributed by atoms with Crippen LogP contribution in [0.4, 0.5) is 0 Å². The number of piperazine rings is 1. The second-order valence-corrected chi connectivity index (χ2v) is 4.11. The number of carbonyl (C=O) groups excluding carboxylic acids is 1. The number of carbonyl (C=O) groups is 1. The maximum absolute atomic E-state index is 10.6. The molecule has 1 aliphatic rings. The van der Waals surface area contributed by atoms with Crippen LogP contribution in [0.25, 0.3) is 0 Å². The zero-order chi connectivity index (χ0) is 11.1. The molecule has 0 atom stereocenters. The van der Waals surface area contributed by atoms with E-state index in [0.717, 1.165) is 19.5 Å². The lowest BCUT2D eigenvalue weighted by Crippen LogP contribution is -2.46. The van der Waals surface area contributed by atoms with Crippen LogP contribution in [0.2, 0.25) is 0 Å². The molecule has 1 saturated heterocycles. The molecule has 15 heavy (non-hydrogen) atoms. The van der Waals surface area contributed by atoms with Crippen molar-refractivity contribution in [2.24, 2.45) is 0 Å². The van der Waals surface area contributed by atoms with Gasteiger partial charge in [0.2, 0.25) is 5.91 Å². The van der Waals surface area contributed by atoms with Gasteiger partial charge in [-0.2, -0.15) is 0 Å². The van der Waals surface area contributed by atoms with Gasteiger partial charge in [-0.25, -0.2) is 0 Å². The zero-order valence-corrected chi connectivity index (χ0v) is 9.96. The summed E-state index contributed by atoms with van der Waals surface area (Å²) < 4.78 is 0. The largest absolute Gasteiger partial charge is 0.356 e. The summed E-state index contributed by atoms with van der Waals surface area (Å²) in [4.78, 5) is 15.6. The Kier molecular flexibility index (Phi) is 5.65. The van der Waals surface area contributed by atoms with Gasteiger partial charge in [0.1, 0.15) is 0 Å². The van der Waals surface area contributed by atoms with Crippen molar-refractivity contribution in [2.75, 3.05) is 45.8 Å². The lowest BCUT2D eigenvalue weighted by atomic mass is 10.3. The van der Waals surface area contributed by atoms with Gasteiger partial charge in [-0.1, -0.05) is 6.92 Å². The third-order valence-corrected chi connectivity index (χ3v) is 2.94. The second-order valence-electron chi connectivity index (χ2n) is 4.11. The number of nitrogens with zero attached hydrogens (tertiary/aromatic N) is 2. The minimum atomic E-state index is 0.0748. The normalized spacial score (nSPS) is 19.1. The standard InChI is InChI=1S/C11H23N3O/c1-3-13-7-9-14(10-8-13)6-4-5-12-11(2)15/h3-10H2,1-2H3,(H,12,15). The van der Waals surface area contributed by atoms with E-state index in [-0.39, 0.29) is 5.91 Å². The van der Waals surface area contributed by atoms with Crippen molar-refractivity contribution in [1.82, 2.24) is 15.1 Å². The van der Waals surface area contributed by atoms with Crippen LogP contribution in [0.3, 0.4) is 0 Å². The van der Waals surface area contributed by atoms with Crippen molar-refractivity contribution < 1.29 is 4.79 Å². The van der Waals surface area contributed by atoms with Gasteiger partial charge in [-0.3, -0.25) is 4.79 Å². The average molecular weight is 213 g/mol. The molecule has 0 aromatic heterocycles. The van der Waals surface area contributed by atoms with Crippen LogP contribution in [0.5, 0.6) is 0 Å². The van der Waals surface area contributed by atoms with Gasteiger partial charge in [-0.15, -0.1) is 0 Å². The van der Waals surface area contributed by atoms with Gasteiger partial charge >= 0.3 is 0 Å². The van der Waals surface area contributed by atoms with Crippen molar-refractivity contribution in [3.63, 3.8) is 0 Å². The summed E-state index contributed by atoms with van der Waals surface area (Å²) in [5, 5.41) is 2.83. The van der Waals surface area contributed by atoms with Gasteiger partial charge in [0, 0.05) is 39.6 Å². The summed E-state index contributed by atoms with van der Waals surface area (Å²) in [6.07, 6.45) is 1.06. The highest BCUT2D eigenvalue weighted by atomic mass is 16.1. The van der Waals surface area contributed by atoms with E-state index in [0.29, 0.717) is 0 Å². The van der Waals surface area contributed by atoms with Crippen LogP contribution in [-0.4, -0.2) is 61.5 Å². The first kappa shape index (κ1) is 12.5. The topological polar surface area (TPSA) is 35.6 Å². The molecule has 1 fully saturated rings. The van der Waals surface area contributed by atoms with E-state index >= 15 is 0 Å². The fraction of sp³-hybridized carbons (Fsp3) is 0.909. The first-order valence-electron chi connectivity index (χ1n) is 5.91. The Morgan fingerprint density at radius 1 is 1.20 bits per heavy atom. The minimum Gasteiger partial charge on any atom is -0.356 e. The molecule has 0 saturated carbocycles. The molecule has 4 heteroatoms. The Balaban J connectivity index is 2.01. The van der Waals surface area contributed by atoms with Crippen LogP contribution in [0, 0.1) is 0 Å². The van der Waals surface area contributed by atoms with E-state index in [9.17, 15) is 4.79 Å². The number of amides is 1. The van der Waals surface area contributed by atoms with Crippen LogP contribution in [0.1, 0.15) is 20.3 Å². The predicted molar refractivity (Wildman–Crippen MR) is 61.9 cm³/mol. The smallest absolute Gasteiger partial charge is 0.216 e. The summed E-state index contributed by atoms with van der Waals surface area (Å²) in [5.74, 6) is 0.0748. The molecule has 1 amide bonds. The van der Waals surface area contributed by atoms with E-state index in [1.54, 1.807) is 6.92 Å². The first-order valence-corrected chi connectivity index (χ1v) is 5.91. The highest BCUT2D eigenvalue weighted by molar-refractivity contribution is 5.72. The summed E-state index contributed by atoms with van der Waals surface area (Å²) >= 11 is 0. The van der Waals surface area contributed by atoms with Crippen molar-refractivity contribution in [3.05, 3.63) is 0 Å². The monoisotopic (exact) mass is 213 g/mol. The molecular weight excluding hydrogens is 190 g/mol. The Morgan fingerprint density at radius 3 is 2.33 bits per heavy atom. The number of nitrogens with one attached hydrogen (secondary N) is 1. The van der Waals surface area contributed by atoms with Gasteiger partial charge in [0.05, 0.1) is 0 Å². The summed E-state index contributed by atoms with van der Waals surface area (Å²) in [5.41, 5.74) is 0. The van der Waals surface area contributed by atoms with E-state index in [2.05, 4.69) is 22.0 Å². The first-order chi connectivity index (χ1) is 7.22. The van der Waals surface area contributed by atoms with Crippen molar-refractivity contribution in [1.29, 1.82) is 0 Å². The molecule has 0 aliphatic carbocycles. The molecule has 0 radical (unpaired) electrons. The highest BCUT2D eigenvalue weighted by Crippen LogP contribution is 2.01. The van der Waals surface area contributed by atoms with Crippen molar-refractivity contribution >= 4 is 5.91 Å². The van der Waals surface area contributed by atoms with Crippen LogP contribution < -0.4 is 5.32 Å².